The Morgan fingerprint density at radius 1 is 1.03 bits per heavy atom. The highest BCUT2D eigenvalue weighted by Crippen LogP contribution is 2.32. The van der Waals surface area contributed by atoms with E-state index in [0.717, 1.165) is 25.9 Å². The van der Waals surface area contributed by atoms with Gasteiger partial charge in [0.2, 0.25) is 11.8 Å². The summed E-state index contributed by atoms with van der Waals surface area (Å²) in [5.74, 6) is -1.44. The maximum Gasteiger partial charge on any atom is 0.251 e. The van der Waals surface area contributed by atoms with Crippen LogP contribution in [0.5, 0.6) is 0 Å². The molecule has 0 spiro atoms. The van der Waals surface area contributed by atoms with Crippen molar-refractivity contribution in [1.82, 2.24) is 10.2 Å². The first-order chi connectivity index (χ1) is 15.2. The molecule has 7 nitrogen and oxygen atoms in total. The van der Waals surface area contributed by atoms with E-state index in [9.17, 15) is 18.8 Å². The largest absolute Gasteiger partial charge is 0.350 e. The Labute approximate surface area is 191 Å². The molecule has 2 aromatic carbocycles. The lowest BCUT2D eigenvalue weighted by Crippen LogP contribution is -2.37. The van der Waals surface area contributed by atoms with Crippen molar-refractivity contribution in [2.45, 2.75) is 32.7 Å². The van der Waals surface area contributed by atoms with Gasteiger partial charge in [0.15, 0.2) is 0 Å². The highest BCUT2D eigenvalue weighted by molar-refractivity contribution is 6.31. The molecule has 1 fully saturated rings. The number of benzene rings is 2. The molecule has 3 rings (SSSR count). The second-order valence-electron chi connectivity index (χ2n) is 7.77. The summed E-state index contributed by atoms with van der Waals surface area (Å²) in [4.78, 5) is 38.0. The smallest absolute Gasteiger partial charge is 0.251 e. The number of nitrogens with zero attached hydrogens (tertiary/aromatic N) is 1. The summed E-state index contributed by atoms with van der Waals surface area (Å²) in [5.41, 5.74) is 1.37. The fourth-order valence-electron chi connectivity index (χ4n) is 3.90. The third kappa shape index (κ3) is 6.05. The van der Waals surface area contributed by atoms with Crippen LogP contribution in [0, 0.1) is 5.82 Å². The lowest BCUT2D eigenvalue weighted by atomic mass is 10.0. The van der Waals surface area contributed by atoms with Crippen molar-refractivity contribution in [2.24, 2.45) is 0 Å². The van der Waals surface area contributed by atoms with Crippen LogP contribution < -0.4 is 16.0 Å². The molecule has 1 unspecified atom stereocenters. The first-order valence-corrected chi connectivity index (χ1v) is 10.8. The fourth-order valence-corrected chi connectivity index (χ4v) is 4.19. The quantitative estimate of drug-likeness (QED) is 0.583. The molecule has 1 aliphatic rings. The zero-order chi connectivity index (χ0) is 23.3. The minimum Gasteiger partial charge on any atom is -0.350 e. The van der Waals surface area contributed by atoms with Gasteiger partial charge in [-0.15, -0.1) is 0 Å². The van der Waals surface area contributed by atoms with Crippen LogP contribution in [0.15, 0.2) is 36.4 Å². The molecule has 0 radical (unpaired) electrons. The third-order valence-electron chi connectivity index (χ3n) is 5.21. The predicted octanol–water partition coefficient (Wildman–Crippen LogP) is 3.96. The molecule has 0 bridgehead atoms. The maximum atomic E-state index is 14.6. The summed E-state index contributed by atoms with van der Waals surface area (Å²) < 4.78 is 14.6. The maximum absolute atomic E-state index is 14.6. The Kier molecular flexibility index (Phi) is 7.82. The summed E-state index contributed by atoms with van der Waals surface area (Å²) in [7, 11) is 0. The van der Waals surface area contributed by atoms with Crippen molar-refractivity contribution < 1.29 is 18.8 Å². The van der Waals surface area contributed by atoms with E-state index in [1.165, 1.54) is 32.0 Å². The van der Waals surface area contributed by atoms with E-state index >= 15 is 0 Å². The molecule has 0 aliphatic carbocycles. The van der Waals surface area contributed by atoms with Crippen molar-refractivity contribution in [1.29, 1.82) is 0 Å². The summed E-state index contributed by atoms with van der Waals surface area (Å²) in [6, 6.07) is 8.74. The molecule has 9 heteroatoms. The monoisotopic (exact) mass is 460 g/mol. The number of hydrogen-bond acceptors (Lipinski definition) is 4. The molecule has 0 saturated carbocycles. The number of likely N-dealkylation sites (tertiary alicyclic amines) is 1. The molecule has 0 aromatic heterocycles. The van der Waals surface area contributed by atoms with Crippen LogP contribution in [0.25, 0.3) is 0 Å². The van der Waals surface area contributed by atoms with Crippen LogP contribution in [0.4, 0.5) is 15.8 Å². The second kappa shape index (κ2) is 10.6. The lowest BCUT2D eigenvalue weighted by molar-refractivity contribution is -0.115. The van der Waals surface area contributed by atoms with Crippen LogP contribution in [0.3, 0.4) is 0 Å². The Morgan fingerprint density at radius 2 is 1.62 bits per heavy atom. The zero-order valence-electron chi connectivity index (χ0n) is 18.0. The highest BCUT2D eigenvalue weighted by atomic mass is 35.5. The Morgan fingerprint density at radius 3 is 2.16 bits per heavy atom. The van der Waals surface area contributed by atoms with Crippen LogP contribution in [-0.2, 0) is 9.59 Å². The van der Waals surface area contributed by atoms with E-state index in [4.69, 9.17) is 11.6 Å². The Balaban J connectivity index is 1.84. The van der Waals surface area contributed by atoms with Gasteiger partial charge in [-0.05, 0) is 56.3 Å². The Bertz CT molecular complexity index is 970. The lowest BCUT2D eigenvalue weighted by Gasteiger charge is -2.29. The van der Waals surface area contributed by atoms with Crippen LogP contribution >= 0.6 is 11.6 Å². The minimum absolute atomic E-state index is 0.152. The van der Waals surface area contributed by atoms with Gasteiger partial charge < -0.3 is 16.0 Å². The zero-order valence-corrected chi connectivity index (χ0v) is 18.8. The Hall–Kier alpha value is -2.97. The minimum atomic E-state index is -0.416. The summed E-state index contributed by atoms with van der Waals surface area (Å²) in [5, 5.41) is 8.41. The number of halogens is 2. The standard InChI is InChI=1S/C23H26ClFN4O3/c1-14(30)27-17-10-16(11-18(12-17)28-15(2)31)23(32)26-13-21(29-8-3-4-9-29)22-19(24)6-5-7-20(22)25/h5-7,10-12,21H,3-4,8-9,13H2,1-2H3,(H,26,32)(H,27,30)(H,28,31). The summed E-state index contributed by atoms with van der Waals surface area (Å²) >= 11 is 6.31. The average Bonchev–Trinajstić information content (AvgIpc) is 3.23. The van der Waals surface area contributed by atoms with Crippen LogP contribution in [0.2, 0.25) is 5.02 Å². The molecule has 3 N–H and O–H groups in total. The number of amides is 3. The van der Waals surface area contributed by atoms with Gasteiger partial charge >= 0.3 is 0 Å². The molecule has 1 saturated heterocycles. The van der Waals surface area contributed by atoms with Gasteiger partial charge in [-0.1, -0.05) is 17.7 Å². The number of anilines is 2. The first-order valence-electron chi connectivity index (χ1n) is 10.4. The van der Waals surface area contributed by atoms with E-state index in [1.54, 1.807) is 18.2 Å². The van der Waals surface area contributed by atoms with E-state index in [-0.39, 0.29) is 23.9 Å². The second-order valence-corrected chi connectivity index (χ2v) is 8.17. The number of carbonyl (C=O) groups is 3. The van der Waals surface area contributed by atoms with Crippen molar-refractivity contribution in [2.75, 3.05) is 30.3 Å². The first kappa shape index (κ1) is 23.7. The van der Waals surface area contributed by atoms with Crippen molar-refractivity contribution in [3.05, 3.63) is 58.4 Å². The average molecular weight is 461 g/mol. The van der Waals surface area contributed by atoms with Crippen molar-refractivity contribution in [3.63, 3.8) is 0 Å². The SMILES string of the molecule is CC(=O)Nc1cc(NC(C)=O)cc(C(=O)NCC(c2c(F)cccc2Cl)N2CCCC2)c1. The molecule has 1 aliphatic heterocycles. The van der Waals surface area contributed by atoms with E-state index in [0.29, 0.717) is 22.0 Å². The number of carbonyl (C=O) groups excluding carboxylic acids is 3. The van der Waals surface area contributed by atoms with Crippen LogP contribution in [0.1, 0.15) is 48.7 Å². The molecule has 170 valence electrons. The summed E-state index contributed by atoms with van der Waals surface area (Å²) in [6.07, 6.45) is 1.99. The third-order valence-corrected chi connectivity index (χ3v) is 5.54. The number of rotatable bonds is 7. The summed E-state index contributed by atoms with van der Waals surface area (Å²) in [6.45, 7) is 4.43. The van der Waals surface area contributed by atoms with Gasteiger partial charge in [0.1, 0.15) is 5.82 Å². The molecule has 2 aromatic rings. The molecule has 1 heterocycles. The van der Waals surface area contributed by atoms with Crippen LogP contribution in [-0.4, -0.2) is 42.3 Å². The topological polar surface area (TPSA) is 90.5 Å². The number of hydrogen-bond donors (Lipinski definition) is 3. The van der Waals surface area contributed by atoms with Gasteiger partial charge in [-0.2, -0.15) is 0 Å². The molecule has 32 heavy (non-hydrogen) atoms. The highest BCUT2D eigenvalue weighted by Gasteiger charge is 2.28. The molecular weight excluding hydrogens is 435 g/mol. The van der Waals surface area contributed by atoms with Gasteiger partial charge in [-0.3, -0.25) is 19.3 Å². The van der Waals surface area contributed by atoms with E-state index in [1.807, 2.05) is 0 Å². The fraction of sp³-hybridized carbons (Fsp3) is 0.348. The van der Waals surface area contributed by atoms with Crippen molar-refractivity contribution >= 4 is 40.7 Å². The van der Waals surface area contributed by atoms with Gasteiger partial charge in [0.05, 0.1) is 6.04 Å². The normalized spacial score (nSPS) is 14.6. The van der Waals surface area contributed by atoms with E-state index in [2.05, 4.69) is 20.9 Å². The van der Waals surface area contributed by atoms with E-state index < -0.39 is 17.8 Å². The van der Waals surface area contributed by atoms with Crippen molar-refractivity contribution in [3.8, 4) is 0 Å². The van der Waals surface area contributed by atoms with Gasteiger partial charge in [0.25, 0.3) is 5.91 Å². The van der Waals surface area contributed by atoms with Gasteiger partial charge in [-0.25, -0.2) is 4.39 Å². The number of nitrogens with one attached hydrogen (secondary N) is 3. The molecule has 3 amide bonds. The molecular formula is C23H26ClFN4O3. The predicted molar refractivity (Wildman–Crippen MR) is 122 cm³/mol. The van der Waals surface area contributed by atoms with Gasteiger partial charge in [0, 0.05) is 47.9 Å². The molecule has 1 atom stereocenters.